The molecular weight excluding hydrogens is 342 g/mol. The van der Waals surface area contributed by atoms with Crippen LogP contribution < -0.4 is 15.1 Å². The number of amides is 3. The molecule has 0 radical (unpaired) electrons. The molecule has 27 heavy (non-hydrogen) atoms. The molecule has 2 aliphatic rings. The van der Waals surface area contributed by atoms with Gasteiger partial charge in [-0.25, -0.2) is 0 Å². The van der Waals surface area contributed by atoms with Gasteiger partial charge in [-0.1, -0.05) is 18.2 Å². The molecule has 0 bridgehead atoms. The average Bonchev–Trinajstić information content (AvgIpc) is 3.25. The Balaban J connectivity index is 1.48. The number of benzene rings is 2. The van der Waals surface area contributed by atoms with E-state index < -0.39 is 0 Å². The minimum atomic E-state index is -0.335. The predicted octanol–water partition coefficient (Wildman–Crippen LogP) is 2.59. The summed E-state index contributed by atoms with van der Waals surface area (Å²) < 4.78 is 0. The summed E-state index contributed by atoms with van der Waals surface area (Å²) in [6.07, 6.45) is 1.09. The average molecular weight is 363 g/mol. The van der Waals surface area contributed by atoms with Crippen molar-refractivity contribution in [3.8, 4) is 0 Å². The number of hydrogen-bond acceptors (Lipinski definition) is 3. The quantitative estimate of drug-likeness (QED) is 0.911. The van der Waals surface area contributed by atoms with Crippen molar-refractivity contribution in [1.82, 2.24) is 0 Å². The van der Waals surface area contributed by atoms with Crippen molar-refractivity contribution >= 4 is 34.8 Å². The molecule has 0 aliphatic carbocycles. The Labute approximate surface area is 157 Å². The van der Waals surface area contributed by atoms with E-state index in [-0.39, 0.29) is 30.1 Å². The molecule has 2 heterocycles. The number of rotatable bonds is 3. The zero-order valence-corrected chi connectivity index (χ0v) is 15.1. The minimum Gasteiger partial charge on any atom is -0.326 e. The molecule has 1 unspecified atom stereocenters. The molecular formula is C21H21N3O3. The SMILES string of the molecule is CC(=O)Nc1ccc(N2CC(C(=O)N3CCc4ccccc43)CC2=O)cc1. The van der Waals surface area contributed by atoms with Crippen molar-refractivity contribution in [2.75, 3.05) is 28.2 Å². The summed E-state index contributed by atoms with van der Waals surface area (Å²) in [6, 6.07) is 15.0. The van der Waals surface area contributed by atoms with E-state index in [1.165, 1.54) is 12.5 Å². The van der Waals surface area contributed by atoms with Crippen LogP contribution in [0.2, 0.25) is 0 Å². The first-order chi connectivity index (χ1) is 13.0. The van der Waals surface area contributed by atoms with E-state index in [9.17, 15) is 14.4 Å². The first-order valence-corrected chi connectivity index (χ1v) is 9.10. The van der Waals surface area contributed by atoms with Gasteiger partial charge in [-0.2, -0.15) is 0 Å². The molecule has 138 valence electrons. The van der Waals surface area contributed by atoms with Crippen LogP contribution in [0, 0.1) is 5.92 Å². The summed E-state index contributed by atoms with van der Waals surface area (Å²) in [6.45, 7) is 2.51. The van der Waals surface area contributed by atoms with Crippen molar-refractivity contribution < 1.29 is 14.4 Å². The standard InChI is InChI=1S/C21H21N3O3/c1-14(25)22-17-6-8-18(9-7-17)24-13-16(12-20(24)26)21(27)23-11-10-15-4-2-3-5-19(15)23/h2-9,16H,10-13H2,1H3,(H,22,25). The Hall–Kier alpha value is -3.15. The number of carbonyl (C=O) groups excluding carboxylic acids is 3. The lowest BCUT2D eigenvalue weighted by Crippen LogP contribution is -2.36. The molecule has 2 aromatic carbocycles. The highest BCUT2D eigenvalue weighted by molar-refractivity contribution is 6.05. The third-order valence-electron chi connectivity index (χ3n) is 5.13. The van der Waals surface area contributed by atoms with E-state index in [1.54, 1.807) is 29.2 Å². The summed E-state index contributed by atoms with van der Waals surface area (Å²) >= 11 is 0. The van der Waals surface area contributed by atoms with Gasteiger partial charge in [0.15, 0.2) is 0 Å². The fourth-order valence-electron chi connectivity index (χ4n) is 3.84. The monoisotopic (exact) mass is 363 g/mol. The van der Waals surface area contributed by atoms with Gasteiger partial charge in [0.05, 0.1) is 5.92 Å². The first kappa shape index (κ1) is 17.3. The lowest BCUT2D eigenvalue weighted by molar-refractivity contribution is -0.124. The maximum absolute atomic E-state index is 13.0. The molecule has 0 aromatic heterocycles. The van der Waals surface area contributed by atoms with Gasteiger partial charge in [0.1, 0.15) is 0 Å². The van der Waals surface area contributed by atoms with Gasteiger partial charge in [0.2, 0.25) is 17.7 Å². The number of carbonyl (C=O) groups is 3. The van der Waals surface area contributed by atoms with Gasteiger partial charge < -0.3 is 15.1 Å². The number of nitrogens with one attached hydrogen (secondary N) is 1. The lowest BCUT2D eigenvalue weighted by Gasteiger charge is -2.22. The molecule has 6 heteroatoms. The van der Waals surface area contributed by atoms with Gasteiger partial charge in [0, 0.05) is 43.5 Å². The highest BCUT2D eigenvalue weighted by Gasteiger charge is 2.38. The van der Waals surface area contributed by atoms with Crippen LogP contribution in [0.1, 0.15) is 18.9 Å². The highest BCUT2D eigenvalue weighted by Crippen LogP contribution is 2.32. The van der Waals surface area contributed by atoms with Crippen LogP contribution in [0.15, 0.2) is 48.5 Å². The van der Waals surface area contributed by atoms with Crippen LogP contribution in [0.4, 0.5) is 17.1 Å². The molecule has 0 spiro atoms. The highest BCUT2D eigenvalue weighted by atomic mass is 16.2. The minimum absolute atomic E-state index is 0.0191. The normalized spacial score (nSPS) is 18.6. The largest absolute Gasteiger partial charge is 0.326 e. The number of anilines is 3. The lowest BCUT2D eigenvalue weighted by atomic mass is 10.1. The Bertz CT molecular complexity index is 907. The summed E-state index contributed by atoms with van der Waals surface area (Å²) in [5.41, 5.74) is 3.57. The van der Waals surface area contributed by atoms with Crippen LogP contribution in [-0.4, -0.2) is 30.8 Å². The molecule has 0 saturated carbocycles. The second kappa shape index (κ2) is 6.87. The predicted molar refractivity (Wildman–Crippen MR) is 104 cm³/mol. The van der Waals surface area contributed by atoms with Gasteiger partial charge in [0.25, 0.3) is 0 Å². The Morgan fingerprint density at radius 3 is 2.56 bits per heavy atom. The molecule has 6 nitrogen and oxygen atoms in total. The number of para-hydroxylation sites is 1. The molecule has 2 aliphatic heterocycles. The second-order valence-electron chi connectivity index (χ2n) is 7.00. The molecule has 1 saturated heterocycles. The molecule has 1 N–H and O–H groups in total. The van der Waals surface area contributed by atoms with Gasteiger partial charge in [-0.3, -0.25) is 14.4 Å². The van der Waals surface area contributed by atoms with Crippen LogP contribution >= 0.6 is 0 Å². The Morgan fingerprint density at radius 1 is 1.07 bits per heavy atom. The van der Waals surface area contributed by atoms with E-state index in [1.807, 2.05) is 29.2 Å². The molecule has 3 amide bonds. The smallest absolute Gasteiger partial charge is 0.232 e. The summed E-state index contributed by atoms with van der Waals surface area (Å²) in [7, 11) is 0. The summed E-state index contributed by atoms with van der Waals surface area (Å²) in [5.74, 6) is -0.506. The molecule has 2 aromatic rings. The van der Waals surface area contributed by atoms with E-state index in [2.05, 4.69) is 5.32 Å². The molecule has 1 fully saturated rings. The van der Waals surface area contributed by atoms with Crippen LogP contribution in [0.3, 0.4) is 0 Å². The molecule has 1 atom stereocenters. The Morgan fingerprint density at radius 2 is 1.81 bits per heavy atom. The first-order valence-electron chi connectivity index (χ1n) is 9.10. The topological polar surface area (TPSA) is 69.7 Å². The number of nitrogens with zero attached hydrogens (tertiary/aromatic N) is 2. The fourth-order valence-corrected chi connectivity index (χ4v) is 3.84. The Kier molecular flexibility index (Phi) is 4.39. The van der Waals surface area contributed by atoms with Crippen LogP contribution in [0.5, 0.6) is 0 Å². The third kappa shape index (κ3) is 3.30. The van der Waals surface area contributed by atoms with Crippen molar-refractivity contribution in [1.29, 1.82) is 0 Å². The number of fused-ring (bicyclic) bond motifs is 1. The van der Waals surface area contributed by atoms with E-state index in [4.69, 9.17) is 0 Å². The van der Waals surface area contributed by atoms with E-state index in [0.29, 0.717) is 18.8 Å². The van der Waals surface area contributed by atoms with Gasteiger partial charge >= 0.3 is 0 Å². The summed E-state index contributed by atoms with van der Waals surface area (Å²) in [4.78, 5) is 40.1. The maximum Gasteiger partial charge on any atom is 0.232 e. The van der Waals surface area contributed by atoms with E-state index in [0.717, 1.165) is 17.8 Å². The maximum atomic E-state index is 13.0. The second-order valence-corrected chi connectivity index (χ2v) is 7.00. The fraction of sp³-hybridized carbons (Fsp3) is 0.286. The third-order valence-corrected chi connectivity index (χ3v) is 5.13. The summed E-state index contributed by atoms with van der Waals surface area (Å²) in [5, 5.41) is 2.70. The van der Waals surface area contributed by atoms with Crippen molar-refractivity contribution in [3.05, 3.63) is 54.1 Å². The zero-order chi connectivity index (χ0) is 19.0. The number of hydrogen-bond donors (Lipinski definition) is 1. The van der Waals surface area contributed by atoms with Crippen molar-refractivity contribution in [3.63, 3.8) is 0 Å². The molecule has 4 rings (SSSR count). The van der Waals surface area contributed by atoms with E-state index >= 15 is 0 Å². The zero-order valence-electron chi connectivity index (χ0n) is 15.1. The van der Waals surface area contributed by atoms with Crippen molar-refractivity contribution in [2.24, 2.45) is 5.92 Å². The van der Waals surface area contributed by atoms with Gasteiger partial charge in [-0.05, 0) is 42.3 Å². The van der Waals surface area contributed by atoms with Gasteiger partial charge in [-0.15, -0.1) is 0 Å². The van der Waals surface area contributed by atoms with Crippen molar-refractivity contribution in [2.45, 2.75) is 19.8 Å². The van der Waals surface area contributed by atoms with Crippen LogP contribution in [0.25, 0.3) is 0 Å². The van der Waals surface area contributed by atoms with Crippen LogP contribution in [-0.2, 0) is 20.8 Å².